The number of rotatable bonds is 1. The van der Waals surface area contributed by atoms with Crippen LogP contribution in [0, 0.1) is 0 Å². The predicted molar refractivity (Wildman–Crippen MR) is 78.9 cm³/mol. The second-order valence-corrected chi connectivity index (χ2v) is 5.86. The molecule has 7 nitrogen and oxygen atoms in total. The minimum absolute atomic E-state index is 0.103. The number of halogens is 3. The molecule has 2 rings (SSSR count). The Morgan fingerprint density at radius 3 is 2.25 bits per heavy atom. The van der Waals surface area contributed by atoms with Crippen LogP contribution in [0.4, 0.5) is 13.2 Å². The first-order valence-electron chi connectivity index (χ1n) is 6.82. The summed E-state index contributed by atoms with van der Waals surface area (Å²) in [5.74, 6) is -2.79. The van der Waals surface area contributed by atoms with Gasteiger partial charge in [-0.05, 0) is 0 Å². The van der Waals surface area contributed by atoms with Gasteiger partial charge >= 0.3 is 12.1 Å². The van der Waals surface area contributed by atoms with Gasteiger partial charge < -0.3 is 15.3 Å². The summed E-state index contributed by atoms with van der Waals surface area (Å²) in [7, 11) is 1.60. The molecule has 11 heteroatoms. The van der Waals surface area contributed by atoms with E-state index in [1.807, 2.05) is 4.90 Å². The fourth-order valence-corrected chi connectivity index (χ4v) is 2.92. The van der Waals surface area contributed by atoms with Crippen molar-refractivity contribution in [3.05, 3.63) is 15.6 Å². The zero-order valence-electron chi connectivity index (χ0n) is 12.9. The van der Waals surface area contributed by atoms with Crippen molar-refractivity contribution in [3.63, 3.8) is 0 Å². The molecule has 134 valence electrons. The third-order valence-electron chi connectivity index (χ3n) is 3.11. The van der Waals surface area contributed by atoms with Gasteiger partial charge in [0, 0.05) is 44.8 Å². The second-order valence-electron chi connectivity index (χ2n) is 4.78. The number of amides is 2. The smallest absolute Gasteiger partial charge is 0.475 e. The normalized spacial score (nSPS) is 14.0. The maximum atomic E-state index is 11.5. The van der Waals surface area contributed by atoms with Gasteiger partial charge in [-0.1, -0.05) is 0 Å². The molecule has 24 heavy (non-hydrogen) atoms. The Balaban J connectivity index is 0.000000351. The van der Waals surface area contributed by atoms with Crippen LogP contribution in [-0.2, 0) is 22.4 Å². The van der Waals surface area contributed by atoms with Crippen LogP contribution in [0.25, 0.3) is 0 Å². The van der Waals surface area contributed by atoms with E-state index < -0.39 is 12.1 Å². The summed E-state index contributed by atoms with van der Waals surface area (Å²) in [6.07, 6.45) is -3.55. The zero-order chi connectivity index (χ0) is 18.5. The van der Waals surface area contributed by atoms with E-state index in [0.29, 0.717) is 11.6 Å². The third-order valence-corrected chi connectivity index (χ3v) is 4.27. The lowest BCUT2D eigenvalue weighted by Gasteiger charge is -2.17. The summed E-state index contributed by atoms with van der Waals surface area (Å²) < 4.78 is 31.7. The lowest BCUT2D eigenvalue weighted by Crippen LogP contribution is -2.31. The Kier molecular flexibility index (Phi) is 6.70. The predicted octanol–water partition coefficient (Wildman–Crippen LogP) is 1.08. The van der Waals surface area contributed by atoms with Gasteiger partial charge in [-0.3, -0.25) is 9.59 Å². The van der Waals surface area contributed by atoms with Gasteiger partial charge in [-0.25, -0.2) is 9.78 Å². The van der Waals surface area contributed by atoms with Crippen molar-refractivity contribution >= 4 is 29.1 Å². The Bertz CT molecular complexity index is 605. The molecule has 2 N–H and O–H groups in total. The fraction of sp³-hybridized carbons (Fsp3) is 0.538. The van der Waals surface area contributed by atoms with Crippen molar-refractivity contribution in [2.45, 2.75) is 25.9 Å². The van der Waals surface area contributed by atoms with E-state index in [9.17, 15) is 22.8 Å². The van der Waals surface area contributed by atoms with Gasteiger partial charge in [0.25, 0.3) is 5.91 Å². The molecule has 2 amide bonds. The molecule has 0 atom stereocenters. The molecule has 1 aliphatic heterocycles. The molecule has 0 saturated carbocycles. The molecule has 0 spiro atoms. The molecular weight excluding hydrogens is 351 g/mol. The van der Waals surface area contributed by atoms with Crippen LogP contribution in [0.15, 0.2) is 0 Å². The van der Waals surface area contributed by atoms with E-state index >= 15 is 0 Å². The second kappa shape index (κ2) is 8.08. The lowest BCUT2D eigenvalue weighted by atomic mass is 10.2. The van der Waals surface area contributed by atoms with Gasteiger partial charge in [-0.15, -0.1) is 11.3 Å². The summed E-state index contributed by atoms with van der Waals surface area (Å²) in [6.45, 7) is 3.00. The van der Waals surface area contributed by atoms with Crippen LogP contribution in [0.5, 0.6) is 0 Å². The van der Waals surface area contributed by atoms with Gasteiger partial charge in [-0.2, -0.15) is 13.2 Å². The molecule has 0 saturated heterocycles. The molecule has 1 aliphatic rings. The number of aliphatic carboxylic acids is 1. The fourth-order valence-electron chi connectivity index (χ4n) is 1.88. The van der Waals surface area contributed by atoms with Crippen molar-refractivity contribution in [1.29, 1.82) is 0 Å². The van der Waals surface area contributed by atoms with Crippen molar-refractivity contribution in [1.82, 2.24) is 15.2 Å². The number of carbonyl (C=O) groups excluding carboxylic acids is 2. The number of nitrogens with one attached hydrogen (secondary N) is 1. The molecule has 0 radical (unpaired) electrons. The topological polar surface area (TPSA) is 99.6 Å². The maximum Gasteiger partial charge on any atom is 0.490 e. The van der Waals surface area contributed by atoms with E-state index in [2.05, 4.69) is 10.3 Å². The first kappa shape index (κ1) is 19.9. The zero-order valence-corrected chi connectivity index (χ0v) is 13.8. The number of hydrogen-bond donors (Lipinski definition) is 2. The van der Waals surface area contributed by atoms with Crippen molar-refractivity contribution in [2.24, 2.45) is 0 Å². The number of carbonyl (C=O) groups is 3. The van der Waals surface area contributed by atoms with Gasteiger partial charge in [0.1, 0.15) is 0 Å². The number of carboxylic acids is 1. The van der Waals surface area contributed by atoms with Crippen molar-refractivity contribution < 1.29 is 32.7 Å². The standard InChI is InChI=1S/C11H15N3O2S.C2HF3O2/c1-7(15)14-5-3-8-9(4-6-14)17-11(13-8)10(16)12-2;3-2(4,5)1(6)7/h3-6H2,1-2H3,(H,12,16);(H,6,7). The monoisotopic (exact) mass is 367 g/mol. The van der Waals surface area contributed by atoms with E-state index in [1.165, 1.54) is 11.3 Å². The summed E-state index contributed by atoms with van der Waals surface area (Å²) >= 11 is 1.43. The number of carboxylic acid groups (broad SMARTS) is 1. The molecule has 0 aromatic carbocycles. The SMILES string of the molecule is CNC(=O)c1nc2c(s1)CCN(C(C)=O)CC2.O=C(O)C(F)(F)F. The van der Waals surface area contributed by atoms with Gasteiger partial charge in [0.05, 0.1) is 5.69 Å². The molecule has 1 aromatic heterocycles. The van der Waals surface area contributed by atoms with Gasteiger partial charge in [0.15, 0.2) is 5.01 Å². The molecule has 0 unspecified atom stereocenters. The van der Waals surface area contributed by atoms with E-state index in [0.717, 1.165) is 30.0 Å². The molecule has 0 fully saturated rings. The van der Waals surface area contributed by atoms with Crippen LogP contribution in [0.3, 0.4) is 0 Å². The highest BCUT2D eigenvalue weighted by molar-refractivity contribution is 7.13. The lowest BCUT2D eigenvalue weighted by molar-refractivity contribution is -0.192. The quantitative estimate of drug-likeness (QED) is 0.774. The molecule has 0 aliphatic carbocycles. The Hall–Kier alpha value is -2.17. The van der Waals surface area contributed by atoms with Crippen LogP contribution >= 0.6 is 11.3 Å². The molecule has 0 bridgehead atoms. The van der Waals surface area contributed by atoms with Crippen LogP contribution < -0.4 is 5.32 Å². The number of aromatic nitrogens is 1. The highest BCUT2D eigenvalue weighted by atomic mass is 32.1. The highest BCUT2D eigenvalue weighted by Crippen LogP contribution is 2.22. The van der Waals surface area contributed by atoms with Gasteiger partial charge in [0.2, 0.25) is 5.91 Å². The molecule has 2 heterocycles. The average Bonchev–Trinajstić information content (AvgIpc) is 2.79. The number of hydrogen-bond acceptors (Lipinski definition) is 5. The van der Waals surface area contributed by atoms with Crippen LogP contribution in [-0.4, -0.2) is 59.1 Å². The minimum atomic E-state index is -5.08. The highest BCUT2D eigenvalue weighted by Gasteiger charge is 2.38. The van der Waals surface area contributed by atoms with Crippen molar-refractivity contribution in [2.75, 3.05) is 20.1 Å². The summed E-state index contributed by atoms with van der Waals surface area (Å²) in [6, 6.07) is 0. The number of alkyl halides is 3. The van der Waals surface area contributed by atoms with E-state index in [1.54, 1.807) is 14.0 Å². The van der Waals surface area contributed by atoms with E-state index in [4.69, 9.17) is 9.90 Å². The van der Waals surface area contributed by atoms with Crippen molar-refractivity contribution in [3.8, 4) is 0 Å². The number of thiazole rings is 1. The molecule has 1 aromatic rings. The first-order valence-corrected chi connectivity index (χ1v) is 7.64. The number of nitrogens with zero attached hydrogens (tertiary/aromatic N) is 2. The maximum absolute atomic E-state index is 11.5. The minimum Gasteiger partial charge on any atom is -0.475 e. The Morgan fingerprint density at radius 1 is 1.25 bits per heavy atom. The van der Waals surface area contributed by atoms with E-state index in [-0.39, 0.29) is 11.8 Å². The summed E-state index contributed by atoms with van der Waals surface area (Å²) in [5.41, 5.74) is 0.970. The molecular formula is C13H16F3N3O4S. The Labute approximate surface area is 139 Å². The number of fused-ring (bicyclic) bond motifs is 1. The summed E-state index contributed by atoms with van der Waals surface area (Å²) in [4.78, 5) is 39.0. The Morgan fingerprint density at radius 2 is 1.79 bits per heavy atom. The summed E-state index contributed by atoms with van der Waals surface area (Å²) in [5, 5.41) is 10.2. The van der Waals surface area contributed by atoms with Crippen LogP contribution in [0.1, 0.15) is 27.3 Å². The third kappa shape index (κ3) is 5.48. The van der Waals surface area contributed by atoms with Crippen LogP contribution in [0.2, 0.25) is 0 Å². The largest absolute Gasteiger partial charge is 0.490 e. The first-order chi connectivity index (χ1) is 11.1. The average molecular weight is 367 g/mol.